The minimum Gasteiger partial charge on any atom is -0.351 e. The van der Waals surface area contributed by atoms with E-state index in [2.05, 4.69) is 16.0 Å². The smallest absolute Gasteiger partial charge is 0.242 e. The first-order chi connectivity index (χ1) is 11.7. The molecule has 1 aromatic rings. The van der Waals surface area contributed by atoms with Crippen molar-refractivity contribution in [1.29, 1.82) is 0 Å². The molecule has 2 amide bonds. The van der Waals surface area contributed by atoms with Crippen molar-refractivity contribution in [3.05, 3.63) is 35.9 Å². The summed E-state index contributed by atoms with van der Waals surface area (Å²) in [5, 5.41) is 9.29. The minimum atomic E-state index is -0.455. The highest BCUT2D eigenvalue weighted by molar-refractivity contribution is 7.98. The fraction of sp³-hybridized carbons (Fsp3) is 0.556. The van der Waals surface area contributed by atoms with Crippen molar-refractivity contribution in [2.24, 2.45) is 0 Å². The summed E-state index contributed by atoms with van der Waals surface area (Å²) in [7, 11) is 0. The van der Waals surface area contributed by atoms with Crippen molar-refractivity contribution < 1.29 is 9.59 Å². The van der Waals surface area contributed by atoms with Crippen LogP contribution < -0.4 is 16.0 Å². The zero-order chi connectivity index (χ0) is 17.2. The van der Waals surface area contributed by atoms with E-state index in [0.717, 1.165) is 37.2 Å². The Bertz CT molecular complexity index is 518. The van der Waals surface area contributed by atoms with Crippen LogP contribution in [0.15, 0.2) is 30.3 Å². The molecule has 0 saturated carbocycles. The van der Waals surface area contributed by atoms with Gasteiger partial charge in [-0.25, -0.2) is 0 Å². The lowest BCUT2D eigenvalue weighted by molar-refractivity contribution is -0.129. The van der Waals surface area contributed by atoms with E-state index in [-0.39, 0.29) is 17.9 Å². The van der Waals surface area contributed by atoms with Crippen LogP contribution in [0.1, 0.15) is 24.8 Å². The molecule has 3 N–H and O–H groups in total. The zero-order valence-electron chi connectivity index (χ0n) is 14.2. The maximum atomic E-state index is 12.5. The Hall–Kier alpha value is -1.53. The maximum Gasteiger partial charge on any atom is 0.242 e. The van der Waals surface area contributed by atoms with Crippen LogP contribution in [0.5, 0.6) is 0 Å². The number of carbonyl (C=O) groups is 2. The van der Waals surface area contributed by atoms with Crippen molar-refractivity contribution in [2.75, 3.05) is 25.1 Å². The number of nitrogens with one attached hydrogen (secondary N) is 3. The predicted octanol–water partition coefficient (Wildman–Crippen LogP) is 1.34. The first-order valence-electron chi connectivity index (χ1n) is 8.52. The zero-order valence-corrected chi connectivity index (χ0v) is 15.0. The average Bonchev–Trinajstić information content (AvgIpc) is 2.60. The van der Waals surface area contributed by atoms with Gasteiger partial charge in [0.1, 0.15) is 6.04 Å². The second-order valence-electron chi connectivity index (χ2n) is 6.10. The van der Waals surface area contributed by atoms with Crippen molar-refractivity contribution in [3.8, 4) is 0 Å². The van der Waals surface area contributed by atoms with Crippen LogP contribution in [0.4, 0.5) is 0 Å². The van der Waals surface area contributed by atoms with Gasteiger partial charge in [0.05, 0.1) is 6.42 Å². The van der Waals surface area contributed by atoms with Gasteiger partial charge in [-0.1, -0.05) is 30.3 Å². The number of piperidine rings is 1. The van der Waals surface area contributed by atoms with Crippen LogP contribution in [0.3, 0.4) is 0 Å². The Kier molecular flexibility index (Phi) is 8.12. The number of benzene rings is 1. The molecule has 1 unspecified atom stereocenters. The molecule has 0 spiro atoms. The van der Waals surface area contributed by atoms with Crippen LogP contribution in [0.25, 0.3) is 0 Å². The number of hydrogen-bond donors (Lipinski definition) is 3. The summed E-state index contributed by atoms with van der Waals surface area (Å²) in [4.78, 5) is 24.8. The van der Waals surface area contributed by atoms with Crippen molar-refractivity contribution >= 4 is 23.6 Å². The van der Waals surface area contributed by atoms with Crippen LogP contribution in [-0.2, 0) is 16.0 Å². The molecule has 24 heavy (non-hydrogen) atoms. The largest absolute Gasteiger partial charge is 0.351 e. The third kappa shape index (κ3) is 6.53. The molecule has 0 bridgehead atoms. The first-order valence-corrected chi connectivity index (χ1v) is 9.91. The molecule has 1 aliphatic heterocycles. The van der Waals surface area contributed by atoms with E-state index in [1.54, 1.807) is 11.8 Å². The summed E-state index contributed by atoms with van der Waals surface area (Å²) >= 11 is 1.68. The van der Waals surface area contributed by atoms with E-state index in [1.165, 1.54) is 0 Å². The predicted molar refractivity (Wildman–Crippen MR) is 99.1 cm³/mol. The molecule has 1 atom stereocenters. The molecule has 0 aromatic heterocycles. The average molecular weight is 350 g/mol. The lowest BCUT2D eigenvalue weighted by Crippen LogP contribution is -2.52. The highest BCUT2D eigenvalue weighted by Crippen LogP contribution is 2.06. The molecular weight excluding hydrogens is 322 g/mol. The molecule has 0 aliphatic carbocycles. The fourth-order valence-electron chi connectivity index (χ4n) is 2.80. The lowest BCUT2D eigenvalue weighted by Gasteiger charge is -2.26. The Morgan fingerprint density at radius 2 is 1.96 bits per heavy atom. The molecule has 1 saturated heterocycles. The molecule has 5 nitrogen and oxygen atoms in total. The Morgan fingerprint density at radius 3 is 2.62 bits per heavy atom. The highest BCUT2D eigenvalue weighted by Gasteiger charge is 2.23. The van der Waals surface area contributed by atoms with Gasteiger partial charge < -0.3 is 16.0 Å². The summed E-state index contributed by atoms with van der Waals surface area (Å²) in [6.45, 7) is 1.86. The van der Waals surface area contributed by atoms with E-state index in [9.17, 15) is 9.59 Å². The number of rotatable bonds is 8. The molecule has 132 valence electrons. The summed E-state index contributed by atoms with van der Waals surface area (Å²) in [5.41, 5.74) is 0.956. The molecule has 0 radical (unpaired) electrons. The Balaban J connectivity index is 1.88. The summed E-state index contributed by atoms with van der Waals surface area (Å²) < 4.78 is 0. The van der Waals surface area contributed by atoms with Gasteiger partial charge in [-0.15, -0.1) is 0 Å². The summed E-state index contributed by atoms with van der Waals surface area (Å²) in [6, 6.07) is 9.35. The maximum absolute atomic E-state index is 12.5. The first kappa shape index (κ1) is 18.8. The van der Waals surface area contributed by atoms with Gasteiger partial charge in [-0.05, 0) is 49.9 Å². The van der Waals surface area contributed by atoms with Crippen LogP contribution in [0.2, 0.25) is 0 Å². The molecule has 2 rings (SSSR count). The van der Waals surface area contributed by atoms with E-state index in [4.69, 9.17) is 0 Å². The summed E-state index contributed by atoms with van der Waals surface area (Å²) in [6.07, 6.45) is 4.85. The van der Waals surface area contributed by atoms with Crippen LogP contribution in [-0.4, -0.2) is 49.0 Å². The van der Waals surface area contributed by atoms with Crippen molar-refractivity contribution in [1.82, 2.24) is 16.0 Å². The molecule has 1 aromatic carbocycles. The lowest BCUT2D eigenvalue weighted by atomic mass is 10.1. The van der Waals surface area contributed by atoms with Gasteiger partial charge in [0.25, 0.3) is 0 Å². The molecule has 1 heterocycles. The second-order valence-corrected chi connectivity index (χ2v) is 7.08. The minimum absolute atomic E-state index is 0.0580. The van der Waals surface area contributed by atoms with E-state index >= 15 is 0 Å². The van der Waals surface area contributed by atoms with Crippen molar-refractivity contribution in [2.45, 2.75) is 37.8 Å². The van der Waals surface area contributed by atoms with Gasteiger partial charge in [0.15, 0.2) is 0 Å². The van der Waals surface area contributed by atoms with Crippen LogP contribution in [0, 0.1) is 0 Å². The van der Waals surface area contributed by atoms with E-state index < -0.39 is 6.04 Å². The highest BCUT2D eigenvalue weighted by atomic mass is 32.2. The third-order valence-corrected chi connectivity index (χ3v) is 4.80. The van der Waals surface area contributed by atoms with Gasteiger partial charge in [-0.2, -0.15) is 11.8 Å². The number of hydrogen-bond acceptors (Lipinski definition) is 4. The molecular formula is C18H27N3O2S. The topological polar surface area (TPSA) is 70.2 Å². The van der Waals surface area contributed by atoms with Gasteiger partial charge in [0, 0.05) is 6.04 Å². The SMILES string of the molecule is CSCCC(NC(=O)Cc1ccccc1)C(=O)NC1CCNCC1. The summed E-state index contributed by atoms with van der Waals surface area (Å²) in [5.74, 6) is 0.681. The normalized spacial score (nSPS) is 16.4. The molecule has 6 heteroatoms. The molecule has 1 aliphatic rings. The third-order valence-electron chi connectivity index (χ3n) is 4.16. The number of carbonyl (C=O) groups excluding carboxylic acids is 2. The van der Waals surface area contributed by atoms with Gasteiger partial charge in [-0.3, -0.25) is 9.59 Å². The Morgan fingerprint density at radius 1 is 1.25 bits per heavy atom. The fourth-order valence-corrected chi connectivity index (χ4v) is 3.27. The second kappa shape index (κ2) is 10.4. The van der Waals surface area contributed by atoms with Crippen molar-refractivity contribution in [3.63, 3.8) is 0 Å². The van der Waals surface area contributed by atoms with Gasteiger partial charge >= 0.3 is 0 Å². The number of thioether (sulfide) groups is 1. The quantitative estimate of drug-likeness (QED) is 0.662. The van der Waals surface area contributed by atoms with Gasteiger partial charge in [0.2, 0.25) is 11.8 Å². The molecule has 1 fully saturated rings. The number of amides is 2. The monoisotopic (exact) mass is 349 g/mol. The van der Waals surface area contributed by atoms with E-state index in [1.807, 2.05) is 36.6 Å². The van der Waals surface area contributed by atoms with E-state index in [0.29, 0.717) is 12.8 Å². The standard InChI is InChI=1S/C18H27N3O2S/c1-24-12-9-16(18(23)20-15-7-10-19-11-8-15)21-17(22)13-14-5-3-2-4-6-14/h2-6,15-16,19H,7-13H2,1H3,(H,20,23)(H,21,22). The van der Waals surface area contributed by atoms with Crippen LogP contribution >= 0.6 is 11.8 Å². The Labute approximate surface area is 148 Å².